The molecule has 0 saturated carbocycles. The number of rotatable bonds is 1. The molecule has 0 aromatic carbocycles. The van der Waals surface area contributed by atoms with Crippen molar-refractivity contribution in [1.29, 1.82) is 0 Å². The van der Waals surface area contributed by atoms with E-state index in [1.165, 1.54) is 0 Å². The van der Waals surface area contributed by atoms with E-state index in [4.69, 9.17) is 0 Å². The summed E-state index contributed by atoms with van der Waals surface area (Å²) in [7, 11) is 0. The Kier molecular flexibility index (Phi) is 21.7. The van der Waals surface area contributed by atoms with Gasteiger partial charge in [0.05, 0.1) is 0 Å². The molecule has 0 nitrogen and oxygen atoms in total. The maximum absolute atomic E-state index is 3.56. The first-order valence-corrected chi connectivity index (χ1v) is 1.55. The summed E-state index contributed by atoms with van der Waals surface area (Å²) >= 11 is 0. The first-order valence-electron chi connectivity index (χ1n) is 1.55. The second-order valence-electron chi connectivity index (χ2n) is 1.05. The van der Waals surface area contributed by atoms with E-state index in [1.54, 1.807) is 6.08 Å². The second kappa shape index (κ2) is 9.69. The van der Waals surface area contributed by atoms with Gasteiger partial charge in [-0.2, -0.15) is 0 Å². The fourth-order valence-corrected chi connectivity index (χ4v) is 0. The molecule has 0 bridgehead atoms. The van der Waals surface area contributed by atoms with Gasteiger partial charge in [-0.05, 0) is 6.92 Å². The largest absolute Gasteiger partial charge is 1.00 e. The molecule has 0 heterocycles. The molecule has 48 valence electrons. The Hall–Kier alpha value is 0.467. The summed E-state index contributed by atoms with van der Waals surface area (Å²) in [6.45, 7) is 8.93. The Morgan fingerprint density at radius 2 is 1.71 bits per heavy atom. The first-order chi connectivity index (χ1) is 2.27. The normalized spacial score (nSPS) is 4.71. The van der Waals surface area contributed by atoms with E-state index in [-0.39, 0.29) is 34.4 Å². The van der Waals surface area contributed by atoms with E-state index in [9.17, 15) is 0 Å². The van der Waals surface area contributed by atoms with E-state index >= 15 is 0 Å². The molecule has 0 fully saturated rings. The average Bonchev–Trinajstić information content (AvgIpc) is 1.38. The molecular formula is C5H9Ni2+. The molecule has 7 heavy (non-hydrogen) atoms. The smallest absolute Gasteiger partial charge is 0.0988 e. The van der Waals surface area contributed by atoms with Gasteiger partial charge < -0.3 is 0 Å². The van der Waals surface area contributed by atoms with Gasteiger partial charge in [-0.15, -0.1) is 0 Å². The zero-order valence-electron chi connectivity index (χ0n) is 5.12. The fraction of sp³-hybridized carbons (Fsp3) is 0.200. The SMILES string of the molecule is C=CC(=C)C.[H+].[Ni].[Ni]. The zero-order valence-corrected chi connectivity index (χ0v) is 6.10. The van der Waals surface area contributed by atoms with Gasteiger partial charge >= 0.3 is 1.43 Å². The van der Waals surface area contributed by atoms with Gasteiger partial charge in [0.1, 0.15) is 0 Å². The van der Waals surface area contributed by atoms with Crippen LogP contribution in [0.5, 0.6) is 0 Å². The monoisotopic (exact) mass is 185 g/mol. The summed E-state index contributed by atoms with van der Waals surface area (Å²) in [4.78, 5) is 0. The van der Waals surface area contributed by atoms with Crippen LogP contribution in [-0.4, -0.2) is 0 Å². The van der Waals surface area contributed by atoms with Gasteiger partial charge in [0.15, 0.2) is 0 Å². The fourth-order valence-electron chi connectivity index (χ4n) is 0. The van der Waals surface area contributed by atoms with Gasteiger partial charge in [0.2, 0.25) is 0 Å². The molecule has 0 radical (unpaired) electrons. The van der Waals surface area contributed by atoms with Crippen molar-refractivity contribution < 1.29 is 34.4 Å². The van der Waals surface area contributed by atoms with E-state index in [0.29, 0.717) is 0 Å². The second-order valence-corrected chi connectivity index (χ2v) is 1.05. The van der Waals surface area contributed by atoms with Crippen molar-refractivity contribution in [3.8, 4) is 0 Å². The summed E-state index contributed by atoms with van der Waals surface area (Å²) in [5.41, 5.74) is 1.02. The minimum absolute atomic E-state index is 0. The molecule has 0 atom stereocenters. The van der Waals surface area contributed by atoms with E-state index in [2.05, 4.69) is 13.2 Å². The third-order valence-corrected chi connectivity index (χ3v) is 0.348. The Labute approximate surface area is 66.4 Å². The molecule has 0 aromatic rings. The Bertz CT molecular complexity index is 61.4. The standard InChI is InChI=1S/C5H8.2Ni/c1-4-5(2)3;;/h4H,1-2H2,3H3;;/p+1. The molecular weight excluding hydrogens is 177 g/mol. The molecule has 0 unspecified atom stereocenters. The van der Waals surface area contributed by atoms with Crippen molar-refractivity contribution in [3.05, 3.63) is 24.8 Å². The summed E-state index contributed by atoms with van der Waals surface area (Å²) in [6.07, 6.45) is 1.72. The van der Waals surface area contributed by atoms with Crippen LogP contribution in [-0.2, 0) is 33.0 Å². The van der Waals surface area contributed by atoms with Crippen LogP contribution in [0.15, 0.2) is 24.8 Å². The van der Waals surface area contributed by atoms with Crippen LogP contribution in [0.4, 0.5) is 0 Å². The molecule has 0 aliphatic rings. The predicted octanol–water partition coefficient (Wildman–Crippen LogP) is 1.86. The minimum atomic E-state index is 0. The van der Waals surface area contributed by atoms with Crippen LogP contribution in [0.25, 0.3) is 0 Å². The molecule has 0 amide bonds. The van der Waals surface area contributed by atoms with Crippen molar-refractivity contribution in [2.24, 2.45) is 0 Å². The van der Waals surface area contributed by atoms with E-state index in [0.717, 1.165) is 5.57 Å². The molecule has 0 rings (SSSR count). The third kappa shape index (κ3) is 21.2. The van der Waals surface area contributed by atoms with Crippen LogP contribution in [0, 0.1) is 0 Å². The minimum Gasteiger partial charge on any atom is -0.0988 e. The van der Waals surface area contributed by atoms with Crippen molar-refractivity contribution in [2.75, 3.05) is 0 Å². The molecule has 0 aromatic heterocycles. The zero-order chi connectivity index (χ0) is 4.28. The predicted molar refractivity (Wildman–Crippen MR) is 26.1 cm³/mol. The van der Waals surface area contributed by atoms with E-state index < -0.39 is 0 Å². The van der Waals surface area contributed by atoms with Gasteiger partial charge in [0.25, 0.3) is 0 Å². The van der Waals surface area contributed by atoms with Crippen LogP contribution in [0.1, 0.15) is 8.35 Å². The Balaban J connectivity index is -0.0000000267. The van der Waals surface area contributed by atoms with Crippen molar-refractivity contribution >= 4 is 0 Å². The van der Waals surface area contributed by atoms with Crippen LogP contribution in [0.3, 0.4) is 0 Å². The maximum Gasteiger partial charge on any atom is 1.00 e. The van der Waals surface area contributed by atoms with Gasteiger partial charge in [-0.3, -0.25) is 0 Å². The third-order valence-electron chi connectivity index (χ3n) is 0.348. The number of allylic oxidation sites excluding steroid dienone is 2. The quantitative estimate of drug-likeness (QED) is 0.433. The Morgan fingerprint density at radius 1 is 1.57 bits per heavy atom. The van der Waals surface area contributed by atoms with Crippen molar-refractivity contribution in [3.63, 3.8) is 0 Å². The summed E-state index contributed by atoms with van der Waals surface area (Å²) in [5, 5.41) is 0. The first kappa shape index (κ1) is 15.7. The van der Waals surface area contributed by atoms with Crippen molar-refractivity contribution in [2.45, 2.75) is 6.92 Å². The summed E-state index contributed by atoms with van der Waals surface area (Å²) < 4.78 is 0. The molecule has 0 aliphatic heterocycles. The maximum atomic E-state index is 3.56. The molecule has 2 heteroatoms. The van der Waals surface area contributed by atoms with Crippen molar-refractivity contribution in [1.82, 2.24) is 0 Å². The Morgan fingerprint density at radius 3 is 1.71 bits per heavy atom. The average molecular weight is 187 g/mol. The van der Waals surface area contributed by atoms with Gasteiger partial charge in [-0.25, -0.2) is 0 Å². The summed E-state index contributed by atoms with van der Waals surface area (Å²) in [5.74, 6) is 0. The van der Waals surface area contributed by atoms with Gasteiger partial charge in [0, 0.05) is 33.0 Å². The number of hydrogen-bond acceptors (Lipinski definition) is 0. The summed E-state index contributed by atoms with van der Waals surface area (Å²) in [6, 6.07) is 0. The van der Waals surface area contributed by atoms with Gasteiger partial charge in [-0.1, -0.05) is 24.8 Å². The van der Waals surface area contributed by atoms with Crippen LogP contribution in [0.2, 0.25) is 0 Å². The topological polar surface area (TPSA) is 0 Å². The number of hydrogen-bond donors (Lipinski definition) is 0. The van der Waals surface area contributed by atoms with E-state index in [1.807, 2.05) is 6.92 Å². The molecule has 0 N–H and O–H groups in total. The molecule has 0 spiro atoms. The molecule has 0 saturated heterocycles. The van der Waals surface area contributed by atoms with Crippen LogP contribution < -0.4 is 0 Å². The van der Waals surface area contributed by atoms with Crippen LogP contribution >= 0.6 is 0 Å². The molecule has 0 aliphatic carbocycles.